The number of hydrogen-bond acceptors (Lipinski definition) is 4. The Labute approximate surface area is 195 Å². The van der Waals surface area contributed by atoms with Gasteiger partial charge in [0.05, 0.1) is 22.3 Å². The number of para-hydroxylation sites is 1. The number of ether oxygens (including phenoxy) is 1. The number of anilines is 1. The summed E-state index contributed by atoms with van der Waals surface area (Å²) in [5.74, 6) is 0.0551. The second-order valence-electron chi connectivity index (χ2n) is 7.30. The van der Waals surface area contributed by atoms with Crippen LogP contribution in [-0.2, 0) is 13.3 Å². The lowest BCUT2D eigenvalue weighted by Gasteiger charge is -2.09. The summed E-state index contributed by atoms with van der Waals surface area (Å²) in [4.78, 5) is 12.6. The first-order valence-corrected chi connectivity index (χ1v) is 10.7. The van der Waals surface area contributed by atoms with E-state index in [1.54, 1.807) is 30.5 Å². The van der Waals surface area contributed by atoms with Crippen LogP contribution in [0.4, 0.5) is 5.69 Å². The fourth-order valence-electron chi connectivity index (χ4n) is 3.26. The van der Waals surface area contributed by atoms with Crippen LogP contribution in [0.3, 0.4) is 0 Å². The molecule has 0 saturated heterocycles. The first-order chi connectivity index (χ1) is 15.4. The topological polar surface area (TPSA) is 74.0 Å². The lowest BCUT2D eigenvalue weighted by molar-refractivity contribution is 0.102. The predicted molar refractivity (Wildman–Crippen MR) is 125 cm³/mol. The molecule has 7 nitrogen and oxygen atoms in total. The molecule has 2 aromatic heterocycles. The Morgan fingerprint density at radius 1 is 1.03 bits per heavy atom. The molecule has 0 fully saturated rings. The van der Waals surface area contributed by atoms with Gasteiger partial charge in [0.2, 0.25) is 0 Å². The molecule has 0 atom stereocenters. The molecule has 164 valence electrons. The monoisotopic (exact) mass is 469 g/mol. The van der Waals surface area contributed by atoms with Gasteiger partial charge in [-0.3, -0.25) is 9.48 Å². The zero-order valence-corrected chi connectivity index (χ0v) is 19.1. The van der Waals surface area contributed by atoms with E-state index in [-0.39, 0.29) is 18.3 Å². The van der Waals surface area contributed by atoms with Crippen LogP contribution < -0.4 is 10.1 Å². The number of nitrogens with one attached hydrogen (secondary N) is 1. The standard InChI is InChI=1S/C23H21Cl2N5O2/c1-15-11-16(2)30(27-15)13-17-5-3-6-18(12-17)26-23(31)21-9-10-29(28-21)14-32-22-19(24)7-4-8-20(22)25/h3-12H,13-14H2,1-2H3,(H,26,31). The number of carbonyl (C=O) groups is 1. The van der Waals surface area contributed by atoms with Gasteiger partial charge in [0.1, 0.15) is 0 Å². The van der Waals surface area contributed by atoms with Crippen LogP contribution in [0.1, 0.15) is 27.4 Å². The number of nitrogens with zero attached hydrogens (tertiary/aromatic N) is 4. The Balaban J connectivity index is 1.39. The number of benzene rings is 2. The van der Waals surface area contributed by atoms with Gasteiger partial charge >= 0.3 is 0 Å². The summed E-state index contributed by atoms with van der Waals surface area (Å²) in [7, 11) is 0. The Morgan fingerprint density at radius 3 is 2.50 bits per heavy atom. The van der Waals surface area contributed by atoms with E-state index in [1.165, 1.54) is 4.68 Å². The zero-order valence-electron chi connectivity index (χ0n) is 17.5. The minimum Gasteiger partial charge on any atom is -0.468 e. The maximum Gasteiger partial charge on any atom is 0.276 e. The van der Waals surface area contributed by atoms with E-state index in [0.29, 0.717) is 28.0 Å². The van der Waals surface area contributed by atoms with E-state index in [2.05, 4.69) is 15.5 Å². The maximum absolute atomic E-state index is 12.6. The second kappa shape index (κ2) is 9.46. The minimum atomic E-state index is -0.317. The molecule has 32 heavy (non-hydrogen) atoms. The number of halogens is 2. The van der Waals surface area contributed by atoms with Gasteiger partial charge in [-0.25, -0.2) is 4.68 Å². The Morgan fingerprint density at radius 2 is 1.78 bits per heavy atom. The summed E-state index contributed by atoms with van der Waals surface area (Å²) in [6, 6.07) is 16.4. The molecule has 0 radical (unpaired) electrons. The summed E-state index contributed by atoms with van der Waals surface area (Å²) >= 11 is 12.2. The minimum absolute atomic E-state index is 0.0643. The van der Waals surface area contributed by atoms with E-state index in [9.17, 15) is 4.79 Å². The van der Waals surface area contributed by atoms with Gasteiger partial charge < -0.3 is 10.1 Å². The van der Waals surface area contributed by atoms with Crippen molar-refractivity contribution in [2.75, 3.05) is 5.32 Å². The van der Waals surface area contributed by atoms with Crippen molar-refractivity contribution in [1.29, 1.82) is 0 Å². The number of aryl methyl sites for hydroxylation is 2. The van der Waals surface area contributed by atoms with Gasteiger partial charge in [-0.1, -0.05) is 41.4 Å². The molecule has 9 heteroatoms. The molecular formula is C23H21Cl2N5O2. The van der Waals surface area contributed by atoms with Crippen LogP contribution in [0, 0.1) is 13.8 Å². The van der Waals surface area contributed by atoms with Crippen molar-refractivity contribution in [3.8, 4) is 5.75 Å². The van der Waals surface area contributed by atoms with Gasteiger partial charge in [0.15, 0.2) is 18.2 Å². The van der Waals surface area contributed by atoms with E-state index < -0.39 is 0 Å². The van der Waals surface area contributed by atoms with Crippen LogP contribution >= 0.6 is 23.2 Å². The summed E-state index contributed by atoms with van der Waals surface area (Å²) in [5.41, 5.74) is 4.04. The maximum atomic E-state index is 12.6. The lowest BCUT2D eigenvalue weighted by Crippen LogP contribution is -2.14. The van der Waals surface area contributed by atoms with E-state index >= 15 is 0 Å². The molecule has 2 aromatic carbocycles. The van der Waals surface area contributed by atoms with Gasteiger partial charge in [0, 0.05) is 17.6 Å². The highest BCUT2D eigenvalue weighted by Gasteiger charge is 2.12. The van der Waals surface area contributed by atoms with E-state index in [1.807, 2.05) is 48.9 Å². The molecule has 0 spiro atoms. The highest BCUT2D eigenvalue weighted by molar-refractivity contribution is 6.37. The zero-order chi connectivity index (χ0) is 22.7. The largest absolute Gasteiger partial charge is 0.468 e. The van der Waals surface area contributed by atoms with Crippen LogP contribution in [0.2, 0.25) is 10.0 Å². The van der Waals surface area contributed by atoms with E-state index in [0.717, 1.165) is 17.0 Å². The highest BCUT2D eigenvalue weighted by Crippen LogP contribution is 2.32. The molecule has 0 aliphatic rings. The molecule has 2 heterocycles. The van der Waals surface area contributed by atoms with Crippen molar-refractivity contribution in [2.45, 2.75) is 27.1 Å². The highest BCUT2D eigenvalue weighted by atomic mass is 35.5. The van der Waals surface area contributed by atoms with Crippen LogP contribution in [0.5, 0.6) is 5.75 Å². The molecule has 1 amide bonds. The molecule has 4 rings (SSSR count). The number of aromatic nitrogens is 4. The van der Waals surface area contributed by atoms with Crippen LogP contribution in [0.15, 0.2) is 60.8 Å². The molecule has 0 aliphatic heterocycles. The fraction of sp³-hybridized carbons (Fsp3) is 0.174. The van der Waals surface area contributed by atoms with Crippen molar-refractivity contribution in [3.63, 3.8) is 0 Å². The number of carbonyl (C=O) groups excluding carboxylic acids is 1. The van der Waals surface area contributed by atoms with Crippen molar-refractivity contribution >= 4 is 34.8 Å². The van der Waals surface area contributed by atoms with Gasteiger partial charge in [-0.05, 0) is 55.8 Å². The van der Waals surface area contributed by atoms with Crippen molar-refractivity contribution in [1.82, 2.24) is 19.6 Å². The smallest absolute Gasteiger partial charge is 0.276 e. The summed E-state index contributed by atoms with van der Waals surface area (Å²) in [5, 5.41) is 12.4. The first-order valence-electron chi connectivity index (χ1n) is 9.90. The Hall–Kier alpha value is -3.29. The number of rotatable bonds is 7. The molecule has 0 bridgehead atoms. The lowest BCUT2D eigenvalue weighted by atomic mass is 10.2. The number of hydrogen-bond donors (Lipinski definition) is 1. The third kappa shape index (κ3) is 5.12. The Bertz CT molecular complexity index is 1240. The average Bonchev–Trinajstić information content (AvgIpc) is 3.34. The Kier molecular flexibility index (Phi) is 6.48. The third-order valence-electron chi connectivity index (χ3n) is 4.75. The van der Waals surface area contributed by atoms with Gasteiger partial charge in [-0.2, -0.15) is 10.2 Å². The first kappa shape index (κ1) is 21.9. The molecule has 4 aromatic rings. The second-order valence-corrected chi connectivity index (χ2v) is 8.12. The summed E-state index contributed by atoms with van der Waals surface area (Å²) in [6.45, 7) is 4.67. The van der Waals surface area contributed by atoms with Gasteiger partial charge in [-0.15, -0.1) is 0 Å². The molecule has 1 N–H and O–H groups in total. The molecule has 0 saturated carbocycles. The van der Waals surface area contributed by atoms with Crippen LogP contribution in [0.25, 0.3) is 0 Å². The molecular weight excluding hydrogens is 449 g/mol. The summed E-state index contributed by atoms with van der Waals surface area (Å²) in [6.07, 6.45) is 1.65. The van der Waals surface area contributed by atoms with Crippen molar-refractivity contribution < 1.29 is 9.53 Å². The van der Waals surface area contributed by atoms with Gasteiger partial charge in [0.25, 0.3) is 5.91 Å². The SMILES string of the molecule is Cc1cc(C)n(Cc2cccc(NC(=O)c3ccn(COc4c(Cl)cccc4Cl)n3)c2)n1. The third-order valence-corrected chi connectivity index (χ3v) is 5.35. The van der Waals surface area contributed by atoms with Crippen LogP contribution in [-0.4, -0.2) is 25.5 Å². The summed E-state index contributed by atoms with van der Waals surface area (Å²) < 4.78 is 9.07. The van der Waals surface area contributed by atoms with Crippen molar-refractivity contribution in [3.05, 3.63) is 93.5 Å². The van der Waals surface area contributed by atoms with Crippen molar-refractivity contribution in [2.24, 2.45) is 0 Å². The average molecular weight is 470 g/mol. The molecule has 0 unspecified atom stereocenters. The van der Waals surface area contributed by atoms with E-state index in [4.69, 9.17) is 27.9 Å². The predicted octanol–water partition coefficient (Wildman–Crippen LogP) is 5.34. The normalized spacial score (nSPS) is 10.9. The quantitative estimate of drug-likeness (QED) is 0.396. The number of amides is 1. The molecule has 0 aliphatic carbocycles. The fourth-order valence-corrected chi connectivity index (χ4v) is 3.76.